The minimum absolute atomic E-state index is 0.105. The fraction of sp³-hybridized carbons (Fsp3) is 0.263. The molecule has 3 amide bonds. The van der Waals surface area contributed by atoms with E-state index >= 15 is 0 Å². The summed E-state index contributed by atoms with van der Waals surface area (Å²) in [6, 6.07) is 14.4. The maximum absolute atomic E-state index is 13.2. The van der Waals surface area contributed by atoms with Crippen molar-refractivity contribution in [3.63, 3.8) is 0 Å². The molecule has 130 valence electrons. The Bertz CT molecular complexity index is 751. The molecule has 1 aliphatic rings. The summed E-state index contributed by atoms with van der Waals surface area (Å²) in [4.78, 5) is 26.0. The van der Waals surface area contributed by atoms with Crippen molar-refractivity contribution in [2.45, 2.75) is 18.9 Å². The van der Waals surface area contributed by atoms with E-state index in [9.17, 15) is 14.0 Å². The quantitative estimate of drug-likeness (QED) is 0.876. The van der Waals surface area contributed by atoms with Gasteiger partial charge in [-0.1, -0.05) is 36.4 Å². The first-order valence-electron chi connectivity index (χ1n) is 8.27. The molecule has 2 aromatic carbocycles. The lowest BCUT2D eigenvalue weighted by Crippen LogP contribution is -2.40. The van der Waals surface area contributed by atoms with Crippen molar-refractivity contribution in [2.75, 3.05) is 18.4 Å². The minimum atomic E-state index is -0.439. The first kappa shape index (κ1) is 17.0. The Balaban J connectivity index is 1.70. The maximum atomic E-state index is 13.2. The monoisotopic (exact) mass is 341 g/mol. The third-order valence-electron chi connectivity index (χ3n) is 4.16. The number of rotatable bonds is 5. The molecule has 0 radical (unpaired) electrons. The Labute approximate surface area is 145 Å². The topological polar surface area (TPSA) is 61.4 Å². The number of likely N-dealkylation sites (tertiary alicyclic amines) is 1. The highest BCUT2D eigenvalue weighted by Gasteiger charge is 2.25. The Morgan fingerprint density at radius 1 is 1.16 bits per heavy atom. The van der Waals surface area contributed by atoms with Gasteiger partial charge in [0, 0.05) is 25.2 Å². The van der Waals surface area contributed by atoms with Crippen LogP contribution in [0.2, 0.25) is 0 Å². The van der Waals surface area contributed by atoms with Gasteiger partial charge >= 0.3 is 6.03 Å². The molecule has 1 fully saturated rings. The number of carbonyl (C=O) groups excluding carboxylic acids is 2. The molecule has 0 aromatic heterocycles. The fourth-order valence-electron chi connectivity index (χ4n) is 2.93. The molecular formula is C19H20FN3O2. The number of halogens is 1. The standard InChI is InChI=1S/C19H20FN3O2/c20-15-8-4-9-16(12-15)21-19(25)22-17(14-6-2-1-3-7-14)13-23-11-5-10-18(23)24/h1-4,6-9,12,17H,5,10-11,13H2,(H2,21,22,25). The molecule has 0 saturated carbocycles. The van der Waals surface area contributed by atoms with Gasteiger partial charge in [0.1, 0.15) is 5.82 Å². The Hall–Kier alpha value is -2.89. The van der Waals surface area contributed by atoms with Crippen LogP contribution in [0.4, 0.5) is 14.9 Å². The van der Waals surface area contributed by atoms with Gasteiger partial charge in [-0.15, -0.1) is 0 Å². The van der Waals surface area contributed by atoms with Gasteiger partial charge < -0.3 is 15.5 Å². The highest BCUT2D eigenvalue weighted by Crippen LogP contribution is 2.19. The molecule has 2 aromatic rings. The van der Waals surface area contributed by atoms with Gasteiger partial charge in [-0.25, -0.2) is 9.18 Å². The molecule has 5 nitrogen and oxygen atoms in total. The van der Waals surface area contributed by atoms with Gasteiger partial charge in [-0.3, -0.25) is 4.79 Å². The number of anilines is 1. The SMILES string of the molecule is O=C(Nc1cccc(F)c1)NC(CN1CCCC1=O)c1ccccc1. The van der Waals surface area contributed by atoms with Crippen molar-refractivity contribution < 1.29 is 14.0 Å². The summed E-state index contributed by atoms with van der Waals surface area (Å²) >= 11 is 0. The third-order valence-corrected chi connectivity index (χ3v) is 4.16. The maximum Gasteiger partial charge on any atom is 0.319 e. The van der Waals surface area contributed by atoms with E-state index in [-0.39, 0.29) is 11.9 Å². The summed E-state index contributed by atoms with van der Waals surface area (Å²) in [6.07, 6.45) is 1.40. The molecule has 3 rings (SSSR count). The van der Waals surface area contributed by atoms with Crippen LogP contribution >= 0.6 is 0 Å². The summed E-state index contributed by atoms with van der Waals surface area (Å²) in [5.41, 5.74) is 1.29. The molecule has 0 spiro atoms. The molecule has 25 heavy (non-hydrogen) atoms. The van der Waals surface area contributed by atoms with Crippen molar-refractivity contribution >= 4 is 17.6 Å². The van der Waals surface area contributed by atoms with Gasteiger partial charge in [-0.05, 0) is 30.2 Å². The number of hydrogen-bond acceptors (Lipinski definition) is 2. The van der Waals surface area contributed by atoms with E-state index in [0.29, 0.717) is 25.2 Å². The highest BCUT2D eigenvalue weighted by molar-refractivity contribution is 5.89. The normalized spacial score (nSPS) is 15.1. The molecular weight excluding hydrogens is 321 g/mol. The average molecular weight is 341 g/mol. The average Bonchev–Trinajstić information content (AvgIpc) is 3.00. The number of urea groups is 1. The van der Waals surface area contributed by atoms with Crippen LogP contribution < -0.4 is 10.6 Å². The predicted octanol–water partition coefficient (Wildman–Crippen LogP) is 3.31. The highest BCUT2D eigenvalue weighted by atomic mass is 19.1. The lowest BCUT2D eigenvalue weighted by atomic mass is 10.1. The summed E-state index contributed by atoms with van der Waals surface area (Å²) in [5.74, 6) is -0.312. The summed E-state index contributed by atoms with van der Waals surface area (Å²) in [6.45, 7) is 1.12. The number of amides is 3. The van der Waals surface area contributed by atoms with Crippen molar-refractivity contribution in [3.05, 3.63) is 66.0 Å². The van der Waals surface area contributed by atoms with Gasteiger partial charge in [0.25, 0.3) is 0 Å². The predicted molar refractivity (Wildman–Crippen MR) is 93.6 cm³/mol. The number of benzene rings is 2. The molecule has 2 N–H and O–H groups in total. The van der Waals surface area contributed by atoms with Crippen LogP contribution in [-0.2, 0) is 4.79 Å². The minimum Gasteiger partial charge on any atom is -0.340 e. The van der Waals surface area contributed by atoms with Crippen molar-refractivity contribution in [2.24, 2.45) is 0 Å². The van der Waals surface area contributed by atoms with Crippen LogP contribution in [0.5, 0.6) is 0 Å². The summed E-state index contributed by atoms with van der Waals surface area (Å²) in [7, 11) is 0. The molecule has 1 heterocycles. The lowest BCUT2D eigenvalue weighted by Gasteiger charge is -2.25. The zero-order valence-electron chi connectivity index (χ0n) is 13.7. The van der Waals surface area contributed by atoms with E-state index in [1.807, 2.05) is 30.3 Å². The molecule has 1 unspecified atom stereocenters. The van der Waals surface area contributed by atoms with Gasteiger partial charge in [0.2, 0.25) is 5.91 Å². The Kier molecular flexibility index (Phi) is 5.28. The second-order valence-corrected chi connectivity index (χ2v) is 6.02. The zero-order chi connectivity index (χ0) is 17.6. The molecule has 6 heteroatoms. The molecule has 1 saturated heterocycles. The Morgan fingerprint density at radius 2 is 1.96 bits per heavy atom. The summed E-state index contributed by atoms with van der Waals surface area (Å²) in [5, 5.41) is 5.51. The molecule has 0 aliphatic carbocycles. The number of nitrogens with zero attached hydrogens (tertiary/aromatic N) is 1. The first-order valence-corrected chi connectivity index (χ1v) is 8.27. The van der Waals surface area contributed by atoms with Gasteiger partial charge in [-0.2, -0.15) is 0 Å². The van der Waals surface area contributed by atoms with E-state index < -0.39 is 11.8 Å². The van der Waals surface area contributed by atoms with Crippen LogP contribution in [0, 0.1) is 5.82 Å². The lowest BCUT2D eigenvalue weighted by molar-refractivity contribution is -0.128. The van der Waals surface area contributed by atoms with E-state index in [1.165, 1.54) is 18.2 Å². The van der Waals surface area contributed by atoms with Crippen molar-refractivity contribution in [1.29, 1.82) is 0 Å². The number of carbonyl (C=O) groups is 2. The zero-order valence-corrected chi connectivity index (χ0v) is 13.7. The summed E-state index contributed by atoms with van der Waals surface area (Å²) < 4.78 is 13.2. The van der Waals surface area contributed by atoms with Gasteiger partial charge in [0.15, 0.2) is 0 Å². The fourth-order valence-corrected chi connectivity index (χ4v) is 2.93. The number of hydrogen-bond donors (Lipinski definition) is 2. The van der Waals surface area contributed by atoms with Crippen molar-refractivity contribution in [3.8, 4) is 0 Å². The van der Waals surface area contributed by atoms with E-state index in [2.05, 4.69) is 10.6 Å². The van der Waals surface area contributed by atoms with Gasteiger partial charge in [0.05, 0.1) is 6.04 Å². The van der Waals surface area contributed by atoms with Crippen LogP contribution in [-0.4, -0.2) is 29.9 Å². The first-order chi connectivity index (χ1) is 12.1. The Morgan fingerprint density at radius 3 is 2.64 bits per heavy atom. The molecule has 0 bridgehead atoms. The van der Waals surface area contributed by atoms with Crippen molar-refractivity contribution in [1.82, 2.24) is 10.2 Å². The van der Waals surface area contributed by atoms with E-state index in [4.69, 9.17) is 0 Å². The number of nitrogens with one attached hydrogen (secondary N) is 2. The molecule has 1 atom stereocenters. The van der Waals surface area contributed by atoms with E-state index in [0.717, 1.165) is 12.0 Å². The second kappa shape index (κ2) is 7.79. The second-order valence-electron chi connectivity index (χ2n) is 6.02. The third kappa shape index (κ3) is 4.56. The van der Waals surface area contributed by atoms with E-state index in [1.54, 1.807) is 11.0 Å². The largest absolute Gasteiger partial charge is 0.340 e. The smallest absolute Gasteiger partial charge is 0.319 e. The van der Waals surface area contributed by atoms with Crippen LogP contribution in [0.3, 0.4) is 0 Å². The van der Waals surface area contributed by atoms with Crippen LogP contribution in [0.25, 0.3) is 0 Å². The van der Waals surface area contributed by atoms with Crippen LogP contribution in [0.15, 0.2) is 54.6 Å². The molecule has 1 aliphatic heterocycles. The van der Waals surface area contributed by atoms with Crippen LogP contribution in [0.1, 0.15) is 24.4 Å².